The molecule has 1 aromatic carbocycles. The van der Waals surface area contributed by atoms with Gasteiger partial charge in [0.25, 0.3) is 0 Å². The minimum absolute atomic E-state index is 0.811. The lowest BCUT2D eigenvalue weighted by Gasteiger charge is -2.19. The van der Waals surface area contributed by atoms with Crippen molar-refractivity contribution in [3.05, 3.63) is 59.8 Å². The minimum atomic E-state index is 0.811. The van der Waals surface area contributed by atoms with E-state index in [0.717, 1.165) is 37.7 Å². The van der Waals surface area contributed by atoms with Crippen molar-refractivity contribution in [1.29, 1.82) is 0 Å². The third-order valence-corrected chi connectivity index (χ3v) is 3.70. The molecule has 1 aliphatic rings. The van der Waals surface area contributed by atoms with Gasteiger partial charge in [0, 0.05) is 25.7 Å². The highest BCUT2D eigenvalue weighted by molar-refractivity contribution is 5.55. The summed E-state index contributed by atoms with van der Waals surface area (Å²) in [5, 5.41) is 0. The zero-order valence-electron chi connectivity index (χ0n) is 12.3. The predicted octanol–water partition coefficient (Wildman–Crippen LogP) is 3.56. The normalized spacial score (nSPS) is 13.2. The Kier molecular flexibility index (Phi) is 4.20. The van der Waals surface area contributed by atoms with Crippen LogP contribution in [0.2, 0.25) is 0 Å². The van der Waals surface area contributed by atoms with Gasteiger partial charge in [0.1, 0.15) is 11.6 Å². The maximum atomic E-state index is 5.53. The number of hydrogen-bond acceptors (Lipinski definition) is 3. The van der Waals surface area contributed by atoms with E-state index >= 15 is 0 Å². The molecular weight excluding hydrogens is 260 g/mol. The van der Waals surface area contributed by atoms with Gasteiger partial charge in [-0.25, -0.2) is 4.98 Å². The second kappa shape index (κ2) is 6.44. The monoisotopic (exact) mass is 280 g/mol. The Morgan fingerprint density at radius 2 is 2.24 bits per heavy atom. The molecule has 3 heteroatoms. The van der Waals surface area contributed by atoms with Gasteiger partial charge in [0.05, 0.1) is 6.61 Å². The van der Waals surface area contributed by atoms with Crippen LogP contribution in [0.1, 0.15) is 18.1 Å². The number of rotatable bonds is 5. The van der Waals surface area contributed by atoms with Crippen LogP contribution in [0.4, 0.5) is 5.82 Å². The van der Waals surface area contributed by atoms with Gasteiger partial charge in [0.2, 0.25) is 0 Å². The zero-order valence-corrected chi connectivity index (χ0v) is 12.3. The van der Waals surface area contributed by atoms with Crippen molar-refractivity contribution in [1.82, 2.24) is 4.98 Å². The van der Waals surface area contributed by atoms with Crippen LogP contribution in [-0.4, -0.2) is 24.7 Å². The summed E-state index contributed by atoms with van der Waals surface area (Å²) < 4.78 is 5.53. The first kappa shape index (κ1) is 13.7. The lowest BCUT2D eigenvalue weighted by atomic mass is 10.1. The summed E-state index contributed by atoms with van der Waals surface area (Å²) in [7, 11) is 0. The van der Waals surface area contributed by atoms with Gasteiger partial charge in [-0.2, -0.15) is 0 Å². The SMILES string of the molecule is CCN(C/C=C/c1ccc2c(c1)CCO2)c1ccccn1. The minimum Gasteiger partial charge on any atom is -0.493 e. The maximum Gasteiger partial charge on any atom is 0.128 e. The fraction of sp³-hybridized carbons (Fsp3) is 0.278. The van der Waals surface area contributed by atoms with Crippen molar-refractivity contribution in [2.24, 2.45) is 0 Å². The molecule has 0 saturated heterocycles. The van der Waals surface area contributed by atoms with E-state index < -0.39 is 0 Å². The third-order valence-electron chi connectivity index (χ3n) is 3.70. The molecule has 0 bridgehead atoms. The molecule has 1 aromatic heterocycles. The molecule has 21 heavy (non-hydrogen) atoms. The fourth-order valence-electron chi connectivity index (χ4n) is 2.55. The molecule has 1 aliphatic heterocycles. The second-order valence-electron chi connectivity index (χ2n) is 5.09. The van der Waals surface area contributed by atoms with Crippen LogP contribution in [0, 0.1) is 0 Å². The quantitative estimate of drug-likeness (QED) is 0.837. The number of pyridine rings is 1. The summed E-state index contributed by atoms with van der Waals surface area (Å²) in [5.74, 6) is 2.06. The lowest BCUT2D eigenvalue weighted by Crippen LogP contribution is -2.23. The number of benzene rings is 1. The van der Waals surface area contributed by atoms with Gasteiger partial charge in [-0.05, 0) is 42.3 Å². The number of hydrogen-bond donors (Lipinski definition) is 0. The third kappa shape index (κ3) is 3.24. The van der Waals surface area contributed by atoms with E-state index in [4.69, 9.17) is 4.74 Å². The Balaban J connectivity index is 1.66. The van der Waals surface area contributed by atoms with Gasteiger partial charge >= 0.3 is 0 Å². The molecule has 108 valence electrons. The first-order chi connectivity index (χ1) is 10.4. The largest absolute Gasteiger partial charge is 0.493 e. The van der Waals surface area contributed by atoms with Crippen LogP contribution in [-0.2, 0) is 6.42 Å². The van der Waals surface area contributed by atoms with Crippen molar-refractivity contribution >= 4 is 11.9 Å². The molecule has 0 saturated carbocycles. The highest BCUT2D eigenvalue weighted by atomic mass is 16.5. The molecule has 0 unspecified atom stereocenters. The predicted molar refractivity (Wildman–Crippen MR) is 86.8 cm³/mol. The number of likely N-dealkylation sites (N-methyl/N-ethyl adjacent to an activating group) is 1. The van der Waals surface area contributed by atoms with Crippen LogP contribution in [0.3, 0.4) is 0 Å². The van der Waals surface area contributed by atoms with Crippen LogP contribution >= 0.6 is 0 Å². The van der Waals surface area contributed by atoms with E-state index in [1.165, 1.54) is 11.1 Å². The van der Waals surface area contributed by atoms with E-state index in [1.807, 2.05) is 24.4 Å². The zero-order chi connectivity index (χ0) is 14.5. The molecule has 0 spiro atoms. The van der Waals surface area contributed by atoms with E-state index in [0.29, 0.717) is 0 Å². The second-order valence-corrected chi connectivity index (χ2v) is 5.09. The average Bonchev–Trinajstić information content (AvgIpc) is 3.00. The fourth-order valence-corrected chi connectivity index (χ4v) is 2.55. The van der Waals surface area contributed by atoms with Crippen molar-refractivity contribution < 1.29 is 4.74 Å². The highest BCUT2D eigenvalue weighted by Crippen LogP contribution is 2.26. The van der Waals surface area contributed by atoms with E-state index in [1.54, 1.807) is 0 Å². The highest BCUT2D eigenvalue weighted by Gasteiger charge is 2.11. The standard InChI is InChI=1S/C18H20N2O/c1-2-20(18-7-3-4-11-19-18)12-5-6-15-8-9-17-16(14-15)10-13-21-17/h3-9,11,14H,2,10,12-13H2,1H3/b6-5+. The van der Waals surface area contributed by atoms with Crippen molar-refractivity contribution in [2.75, 3.05) is 24.6 Å². The molecule has 0 fully saturated rings. The first-order valence-electron chi connectivity index (χ1n) is 7.45. The number of fused-ring (bicyclic) bond motifs is 1. The molecular formula is C18H20N2O. The Morgan fingerprint density at radius 3 is 3.05 bits per heavy atom. The average molecular weight is 280 g/mol. The molecule has 3 rings (SSSR count). The Labute approximate surface area is 125 Å². The van der Waals surface area contributed by atoms with Crippen molar-refractivity contribution in [3.63, 3.8) is 0 Å². The van der Waals surface area contributed by atoms with Crippen LogP contribution in [0.15, 0.2) is 48.7 Å². The molecule has 0 N–H and O–H groups in total. The van der Waals surface area contributed by atoms with Crippen LogP contribution < -0.4 is 9.64 Å². The van der Waals surface area contributed by atoms with E-state index in [-0.39, 0.29) is 0 Å². The van der Waals surface area contributed by atoms with E-state index in [2.05, 4.69) is 47.2 Å². The molecule has 0 radical (unpaired) electrons. The molecule has 3 nitrogen and oxygen atoms in total. The smallest absolute Gasteiger partial charge is 0.128 e. The summed E-state index contributed by atoms with van der Waals surface area (Å²) >= 11 is 0. The van der Waals surface area contributed by atoms with Gasteiger partial charge in [-0.15, -0.1) is 0 Å². The summed E-state index contributed by atoms with van der Waals surface area (Å²) in [6.45, 7) is 4.77. The van der Waals surface area contributed by atoms with Crippen molar-refractivity contribution in [3.8, 4) is 5.75 Å². The number of ether oxygens (including phenoxy) is 1. The Morgan fingerprint density at radius 1 is 1.29 bits per heavy atom. The van der Waals surface area contributed by atoms with Crippen LogP contribution in [0.25, 0.3) is 6.08 Å². The topological polar surface area (TPSA) is 25.4 Å². The number of aromatic nitrogens is 1. The van der Waals surface area contributed by atoms with Crippen LogP contribution in [0.5, 0.6) is 5.75 Å². The Bertz CT molecular complexity index is 622. The number of anilines is 1. The summed E-state index contributed by atoms with van der Waals surface area (Å²) in [6.07, 6.45) is 7.22. The van der Waals surface area contributed by atoms with Crippen molar-refractivity contribution in [2.45, 2.75) is 13.3 Å². The summed E-state index contributed by atoms with van der Waals surface area (Å²) in [5.41, 5.74) is 2.55. The molecule has 0 aliphatic carbocycles. The Hall–Kier alpha value is -2.29. The molecule has 0 amide bonds. The van der Waals surface area contributed by atoms with Gasteiger partial charge in [0.15, 0.2) is 0 Å². The summed E-state index contributed by atoms with van der Waals surface area (Å²) in [4.78, 5) is 6.64. The molecule has 0 atom stereocenters. The molecule has 2 aromatic rings. The van der Waals surface area contributed by atoms with Gasteiger partial charge < -0.3 is 9.64 Å². The lowest BCUT2D eigenvalue weighted by molar-refractivity contribution is 0.357. The van der Waals surface area contributed by atoms with Gasteiger partial charge in [-0.1, -0.05) is 24.3 Å². The summed E-state index contributed by atoms with van der Waals surface area (Å²) in [6, 6.07) is 12.4. The maximum absolute atomic E-state index is 5.53. The molecule has 2 heterocycles. The van der Waals surface area contributed by atoms with Gasteiger partial charge in [-0.3, -0.25) is 0 Å². The first-order valence-corrected chi connectivity index (χ1v) is 7.45. The number of nitrogens with zero attached hydrogens (tertiary/aromatic N) is 2. The van der Waals surface area contributed by atoms with E-state index in [9.17, 15) is 0 Å².